The number of hydrogen-bond acceptors (Lipinski definition) is 4. The lowest BCUT2D eigenvalue weighted by atomic mass is 10.1. The molecule has 0 unspecified atom stereocenters. The topological polar surface area (TPSA) is 56.8 Å². The van der Waals surface area contributed by atoms with Gasteiger partial charge in [-0.2, -0.15) is 0 Å². The summed E-state index contributed by atoms with van der Waals surface area (Å²) in [7, 11) is 1.58. The van der Waals surface area contributed by atoms with E-state index in [-0.39, 0.29) is 5.91 Å². The number of carbonyl (C=O) groups excluding carboxylic acids is 1. The fraction of sp³-hybridized carbons (Fsp3) is 0.240. The number of hydrogen-bond donors (Lipinski definition) is 1. The molecule has 5 heteroatoms. The zero-order chi connectivity index (χ0) is 21.5. The number of carbonyl (C=O) groups is 1. The molecule has 3 aromatic carbocycles. The third kappa shape index (κ3) is 5.11. The van der Waals surface area contributed by atoms with Gasteiger partial charge in [-0.3, -0.25) is 4.79 Å². The van der Waals surface area contributed by atoms with Crippen LogP contribution in [-0.4, -0.2) is 19.6 Å². The molecule has 5 nitrogen and oxygen atoms in total. The van der Waals surface area contributed by atoms with Crippen LogP contribution in [0.3, 0.4) is 0 Å². The van der Waals surface area contributed by atoms with E-state index in [1.807, 2.05) is 69.3 Å². The zero-order valence-electron chi connectivity index (χ0n) is 17.8. The monoisotopic (exact) mass is 405 g/mol. The first-order valence-corrected chi connectivity index (χ1v) is 9.92. The highest BCUT2D eigenvalue weighted by Crippen LogP contribution is 2.27. The third-order valence-corrected chi connectivity index (χ3v) is 4.70. The molecular weight excluding hydrogens is 378 g/mol. The second kappa shape index (κ2) is 9.83. The average Bonchev–Trinajstić information content (AvgIpc) is 2.74. The minimum Gasteiger partial charge on any atom is -0.495 e. The minimum absolute atomic E-state index is 0.223. The maximum absolute atomic E-state index is 12.9. The minimum atomic E-state index is -0.223. The van der Waals surface area contributed by atoms with Crippen molar-refractivity contribution in [3.05, 3.63) is 82.9 Å². The summed E-state index contributed by atoms with van der Waals surface area (Å²) >= 11 is 0. The summed E-state index contributed by atoms with van der Waals surface area (Å²) < 4.78 is 17.1. The summed E-state index contributed by atoms with van der Waals surface area (Å²) in [4.78, 5) is 12.9. The Morgan fingerprint density at radius 2 is 1.67 bits per heavy atom. The molecule has 0 aliphatic heterocycles. The zero-order valence-corrected chi connectivity index (χ0v) is 17.8. The molecule has 0 radical (unpaired) electrons. The molecule has 0 aromatic heterocycles. The Morgan fingerprint density at radius 1 is 0.900 bits per heavy atom. The fourth-order valence-corrected chi connectivity index (χ4v) is 3.12. The van der Waals surface area contributed by atoms with Crippen LogP contribution < -0.4 is 19.5 Å². The van der Waals surface area contributed by atoms with Gasteiger partial charge in [-0.15, -0.1) is 0 Å². The number of para-hydroxylation sites is 1. The maximum Gasteiger partial charge on any atom is 0.255 e. The third-order valence-electron chi connectivity index (χ3n) is 4.70. The Balaban J connectivity index is 1.83. The molecule has 1 N–H and O–H groups in total. The van der Waals surface area contributed by atoms with Crippen molar-refractivity contribution in [2.24, 2.45) is 0 Å². The van der Waals surface area contributed by atoms with Crippen molar-refractivity contribution >= 4 is 11.6 Å². The van der Waals surface area contributed by atoms with Crippen LogP contribution in [0.2, 0.25) is 0 Å². The summed E-state index contributed by atoms with van der Waals surface area (Å²) in [6.07, 6.45) is 0. The van der Waals surface area contributed by atoms with E-state index in [2.05, 4.69) is 5.32 Å². The quantitative estimate of drug-likeness (QED) is 0.534. The van der Waals surface area contributed by atoms with E-state index >= 15 is 0 Å². The van der Waals surface area contributed by atoms with E-state index < -0.39 is 0 Å². The van der Waals surface area contributed by atoms with Gasteiger partial charge in [0.1, 0.15) is 23.9 Å². The van der Waals surface area contributed by atoms with Gasteiger partial charge in [0, 0.05) is 11.1 Å². The van der Waals surface area contributed by atoms with Crippen LogP contribution in [0.25, 0.3) is 0 Å². The largest absolute Gasteiger partial charge is 0.495 e. The van der Waals surface area contributed by atoms with Crippen LogP contribution >= 0.6 is 0 Å². The van der Waals surface area contributed by atoms with Crippen LogP contribution in [0.4, 0.5) is 5.69 Å². The van der Waals surface area contributed by atoms with E-state index in [1.54, 1.807) is 19.2 Å². The van der Waals surface area contributed by atoms with Gasteiger partial charge in [0.2, 0.25) is 0 Å². The first-order chi connectivity index (χ1) is 14.5. The van der Waals surface area contributed by atoms with Crippen LogP contribution in [0.5, 0.6) is 17.2 Å². The lowest BCUT2D eigenvalue weighted by molar-refractivity contribution is 0.102. The summed E-state index contributed by atoms with van der Waals surface area (Å²) in [6.45, 7) is 6.72. The Morgan fingerprint density at radius 3 is 2.40 bits per heavy atom. The predicted molar refractivity (Wildman–Crippen MR) is 119 cm³/mol. The van der Waals surface area contributed by atoms with E-state index in [1.165, 1.54) is 0 Å². The number of rotatable bonds is 8. The number of benzene rings is 3. The van der Waals surface area contributed by atoms with Crippen LogP contribution in [-0.2, 0) is 6.61 Å². The SMILES string of the molecule is CCOc1ccc(C(=O)Nc2cc(C)ccc2OC)cc1COc1ccccc1C. The Kier molecular flexibility index (Phi) is 6.96. The maximum atomic E-state index is 12.9. The normalized spacial score (nSPS) is 10.4. The first-order valence-electron chi connectivity index (χ1n) is 9.92. The van der Waals surface area contributed by atoms with E-state index in [0.29, 0.717) is 36.0 Å². The lowest BCUT2D eigenvalue weighted by Crippen LogP contribution is -2.14. The van der Waals surface area contributed by atoms with Gasteiger partial charge in [0.25, 0.3) is 5.91 Å². The second-order valence-electron chi connectivity index (χ2n) is 6.97. The number of anilines is 1. The molecule has 156 valence electrons. The molecule has 30 heavy (non-hydrogen) atoms. The highest BCUT2D eigenvalue weighted by molar-refractivity contribution is 6.05. The molecule has 0 heterocycles. The van der Waals surface area contributed by atoms with Crippen molar-refractivity contribution < 1.29 is 19.0 Å². The summed E-state index contributed by atoms with van der Waals surface area (Å²) in [5.74, 6) is 1.90. The van der Waals surface area contributed by atoms with Gasteiger partial charge < -0.3 is 19.5 Å². The van der Waals surface area contributed by atoms with Crippen LogP contribution in [0.1, 0.15) is 34.0 Å². The smallest absolute Gasteiger partial charge is 0.255 e. The highest BCUT2D eigenvalue weighted by Gasteiger charge is 2.14. The van der Waals surface area contributed by atoms with E-state index in [4.69, 9.17) is 14.2 Å². The van der Waals surface area contributed by atoms with Gasteiger partial charge in [0.05, 0.1) is 19.4 Å². The van der Waals surface area contributed by atoms with E-state index in [0.717, 1.165) is 22.4 Å². The molecule has 0 saturated carbocycles. The number of methoxy groups -OCH3 is 1. The van der Waals surface area contributed by atoms with Crippen LogP contribution in [0.15, 0.2) is 60.7 Å². The van der Waals surface area contributed by atoms with Gasteiger partial charge in [-0.1, -0.05) is 24.3 Å². The molecule has 3 aromatic rings. The molecule has 0 saturated heterocycles. The number of ether oxygens (including phenoxy) is 3. The average molecular weight is 405 g/mol. The Bertz CT molecular complexity index is 1030. The first kappa shape index (κ1) is 21.2. The molecule has 0 aliphatic carbocycles. The van der Waals surface area contributed by atoms with Gasteiger partial charge >= 0.3 is 0 Å². The number of amides is 1. The lowest BCUT2D eigenvalue weighted by Gasteiger charge is -2.15. The van der Waals surface area contributed by atoms with E-state index in [9.17, 15) is 4.79 Å². The molecule has 0 bridgehead atoms. The predicted octanol–water partition coefficient (Wildman–Crippen LogP) is 5.54. The van der Waals surface area contributed by atoms with Crippen molar-refractivity contribution in [1.29, 1.82) is 0 Å². The molecule has 0 spiro atoms. The number of aryl methyl sites for hydroxylation is 2. The molecule has 0 atom stereocenters. The standard InChI is InChI=1S/C25H27NO4/c1-5-29-23-13-11-19(15-20(23)16-30-22-9-7-6-8-18(22)3)25(27)26-21-14-17(2)10-12-24(21)28-4/h6-15H,5,16H2,1-4H3,(H,26,27). The summed E-state index contributed by atoms with van der Waals surface area (Å²) in [5, 5.41) is 2.93. The molecule has 1 amide bonds. The van der Waals surface area contributed by atoms with Crippen molar-refractivity contribution in [1.82, 2.24) is 0 Å². The number of nitrogens with one attached hydrogen (secondary N) is 1. The van der Waals surface area contributed by atoms with Crippen molar-refractivity contribution in [3.8, 4) is 17.2 Å². The molecule has 0 aliphatic rings. The van der Waals surface area contributed by atoms with Gasteiger partial charge in [-0.25, -0.2) is 0 Å². The Labute approximate surface area is 177 Å². The second-order valence-corrected chi connectivity index (χ2v) is 6.97. The molecule has 3 rings (SSSR count). The summed E-state index contributed by atoms with van der Waals surface area (Å²) in [5.41, 5.74) is 4.05. The fourth-order valence-electron chi connectivity index (χ4n) is 3.12. The van der Waals surface area contributed by atoms with Crippen molar-refractivity contribution in [2.45, 2.75) is 27.4 Å². The van der Waals surface area contributed by atoms with Crippen molar-refractivity contribution in [3.63, 3.8) is 0 Å². The molecular formula is C25H27NO4. The van der Waals surface area contributed by atoms with Crippen molar-refractivity contribution in [2.75, 3.05) is 19.0 Å². The summed E-state index contributed by atoms with van der Waals surface area (Å²) in [6, 6.07) is 18.9. The van der Waals surface area contributed by atoms with Gasteiger partial charge in [-0.05, 0) is 68.3 Å². The Hall–Kier alpha value is -3.47. The van der Waals surface area contributed by atoms with Crippen LogP contribution in [0, 0.1) is 13.8 Å². The van der Waals surface area contributed by atoms with Gasteiger partial charge in [0.15, 0.2) is 0 Å². The molecule has 0 fully saturated rings. The highest BCUT2D eigenvalue weighted by atomic mass is 16.5.